The highest BCUT2D eigenvalue weighted by molar-refractivity contribution is 5.76. The van der Waals surface area contributed by atoms with Gasteiger partial charge in [-0.2, -0.15) is 0 Å². The molecule has 0 saturated carbocycles. The van der Waals surface area contributed by atoms with Crippen molar-refractivity contribution in [3.63, 3.8) is 0 Å². The summed E-state index contributed by atoms with van der Waals surface area (Å²) in [7, 11) is 0. The Morgan fingerprint density at radius 1 is 0.457 bits per heavy atom. The molecule has 1 aromatic rings. The zero-order chi connectivity index (χ0) is 33.2. The van der Waals surface area contributed by atoms with Gasteiger partial charge >= 0.3 is 0 Å². The lowest BCUT2D eigenvalue weighted by molar-refractivity contribution is -0.122. The number of hydrogen-bond acceptors (Lipinski definition) is 4. The fourth-order valence-corrected chi connectivity index (χ4v) is 5.71. The molecular weight excluding hydrogens is 572 g/mol. The third kappa shape index (κ3) is 26.9. The van der Waals surface area contributed by atoms with Crippen LogP contribution < -0.4 is 20.1 Å². The number of carbonyl (C=O) groups excluding carboxylic acids is 2. The first-order valence-electron chi connectivity index (χ1n) is 19.5. The number of ether oxygens (including phenoxy) is 2. The molecule has 0 spiro atoms. The highest BCUT2D eigenvalue weighted by Gasteiger charge is 2.06. The number of unbranched alkanes of at least 4 members (excludes halogenated alkanes) is 20. The van der Waals surface area contributed by atoms with Gasteiger partial charge in [-0.25, -0.2) is 0 Å². The van der Waals surface area contributed by atoms with Gasteiger partial charge in [-0.15, -0.1) is 0 Å². The SMILES string of the molecule is CCCCCCCCCCCCNC(=O)CCCCCOc1ccccc1OCCCNC(=O)CCCCCCCCCCCC. The van der Waals surface area contributed by atoms with Gasteiger partial charge in [0.05, 0.1) is 13.2 Å². The Morgan fingerprint density at radius 3 is 1.26 bits per heavy atom. The Hall–Kier alpha value is -2.24. The second kappa shape index (κ2) is 32.7. The van der Waals surface area contributed by atoms with Crippen LogP contribution in [0.2, 0.25) is 0 Å². The first kappa shape index (κ1) is 41.8. The van der Waals surface area contributed by atoms with Gasteiger partial charge in [0.2, 0.25) is 11.8 Å². The molecule has 6 nitrogen and oxygen atoms in total. The van der Waals surface area contributed by atoms with Crippen molar-refractivity contribution in [2.45, 2.75) is 181 Å². The third-order valence-corrected chi connectivity index (χ3v) is 8.67. The minimum Gasteiger partial charge on any atom is -0.490 e. The molecule has 46 heavy (non-hydrogen) atoms. The number of para-hydroxylation sites is 2. The highest BCUT2D eigenvalue weighted by atomic mass is 16.5. The van der Waals surface area contributed by atoms with Crippen molar-refractivity contribution in [3.05, 3.63) is 24.3 Å². The lowest BCUT2D eigenvalue weighted by Crippen LogP contribution is -2.25. The van der Waals surface area contributed by atoms with E-state index in [1.165, 1.54) is 109 Å². The zero-order valence-corrected chi connectivity index (χ0v) is 30.2. The van der Waals surface area contributed by atoms with E-state index < -0.39 is 0 Å². The Balaban J connectivity index is 1.97. The van der Waals surface area contributed by atoms with Crippen molar-refractivity contribution in [2.75, 3.05) is 26.3 Å². The Kier molecular flexibility index (Phi) is 29.7. The topological polar surface area (TPSA) is 76.7 Å². The first-order chi connectivity index (χ1) is 22.7. The van der Waals surface area contributed by atoms with E-state index in [0.29, 0.717) is 32.6 Å². The summed E-state index contributed by atoms with van der Waals surface area (Å²) in [6.07, 6.45) is 30.7. The maximum atomic E-state index is 12.1. The largest absolute Gasteiger partial charge is 0.490 e. The summed E-state index contributed by atoms with van der Waals surface area (Å²) < 4.78 is 11.9. The molecule has 0 aliphatic heterocycles. The molecule has 0 unspecified atom stereocenters. The molecule has 6 heteroatoms. The third-order valence-electron chi connectivity index (χ3n) is 8.67. The van der Waals surface area contributed by atoms with E-state index in [1.54, 1.807) is 0 Å². The van der Waals surface area contributed by atoms with Gasteiger partial charge in [-0.1, -0.05) is 142 Å². The van der Waals surface area contributed by atoms with Crippen molar-refractivity contribution in [3.8, 4) is 11.5 Å². The molecule has 266 valence electrons. The fourth-order valence-electron chi connectivity index (χ4n) is 5.71. The molecule has 1 aromatic carbocycles. The van der Waals surface area contributed by atoms with Crippen LogP contribution in [-0.4, -0.2) is 38.1 Å². The van der Waals surface area contributed by atoms with Gasteiger partial charge in [-0.05, 0) is 50.7 Å². The van der Waals surface area contributed by atoms with E-state index >= 15 is 0 Å². The normalized spacial score (nSPS) is 11.0. The molecule has 1 rings (SSSR count). The number of amides is 2. The summed E-state index contributed by atoms with van der Waals surface area (Å²) in [5.41, 5.74) is 0. The molecule has 0 atom stereocenters. The number of rotatable bonds is 34. The lowest BCUT2D eigenvalue weighted by Gasteiger charge is -2.13. The van der Waals surface area contributed by atoms with Gasteiger partial charge in [0.25, 0.3) is 0 Å². The molecule has 0 heterocycles. The lowest BCUT2D eigenvalue weighted by atomic mass is 10.1. The molecular formula is C40H72N2O4. The summed E-state index contributed by atoms with van der Waals surface area (Å²) in [6, 6.07) is 7.77. The Morgan fingerprint density at radius 2 is 0.804 bits per heavy atom. The molecule has 0 aliphatic rings. The Bertz CT molecular complexity index is 831. The van der Waals surface area contributed by atoms with E-state index in [0.717, 1.165) is 63.0 Å². The number of nitrogens with one attached hydrogen (secondary N) is 2. The van der Waals surface area contributed by atoms with E-state index in [-0.39, 0.29) is 11.8 Å². The average Bonchev–Trinajstić information content (AvgIpc) is 3.06. The minimum atomic E-state index is 0.148. The molecule has 0 aromatic heterocycles. The van der Waals surface area contributed by atoms with E-state index in [2.05, 4.69) is 24.5 Å². The second-order valence-corrected chi connectivity index (χ2v) is 13.1. The van der Waals surface area contributed by atoms with Crippen LogP contribution in [0.3, 0.4) is 0 Å². The van der Waals surface area contributed by atoms with Crippen LogP contribution in [0.1, 0.15) is 181 Å². The Labute approximate surface area is 283 Å². The van der Waals surface area contributed by atoms with E-state index in [1.807, 2.05) is 24.3 Å². The van der Waals surface area contributed by atoms with Gasteiger partial charge < -0.3 is 20.1 Å². The standard InChI is InChI=1S/C40H72N2O4/c1-3-5-7-9-11-13-15-17-19-22-31-40(44)42-34-28-36-46-38-30-25-24-29-37(38)45-35-27-21-23-32-39(43)41-33-26-20-18-16-14-12-10-8-6-4-2/h24-25,29-30H,3-23,26-28,31-36H2,1-2H3,(H,41,43)(H,42,44). The minimum absolute atomic E-state index is 0.148. The molecule has 0 saturated heterocycles. The second-order valence-electron chi connectivity index (χ2n) is 13.1. The zero-order valence-electron chi connectivity index (χ0n) is 30.2. The smallest absolute Gasteiger partial charge is 0.219 e. The average molecular weight is 645 g/mol. The van der Waals surface area contributed by atoms with Crippen LogP contribution in [0.25, 0.3) is 0 Å². The molecule has 0 radical (unpaired) electrons. The predicted molar refractivity (Wildman–Crippen MR) is 195 cm³/mol. The molecule has 0 fully saturated rings. The predicted octanol–water partition coefficient (Wildman–Crippen LogP) is 10.9. The molecule has 0 aliphatic carbocycles. The number of benzene rings is 1. The van der Waals surface area contributed by atoms with Crippen molar-refractivity contribution in [1.82, 2.24) is 10.6 Å². The summed E-state index contributed by atoms with van der Waals surface area (Å²) in [4.78, 5) is 24.3. The van der Waals surface area contributed by atoms with Crippen molar-refractivity contribution in [2.24, 2.45) is 0 Å². The van der Waals surface area contributed by atoms with E-state index in [4.69, 9.17) is 9.47 Å². The van der Waals surface area contributed by atoms with Gasteiger partial charge in [0.15, 0.2) is 11.5 Å². The fraction of sp³-hybridized carbons (Fsp3) is 0.800. The number of carbonyl (C=O) groups is 2. The van der Waals surface area contributed by atoms with Crippen LogP contribution in [-0.2, 0) is 9.59 Å². The number of hydrogen-bond donors (Lipinski definition) is 2. The summed E-state index contributed by atoms with van der Waals surface area (Å²) in [5, 5.41) is 6.11. The molecule has 2 amide bonds. The van der Waals surface area contributed by atoms with Gasteiger partial charge in [0.1, 0.15) is 0 Å². The monoisotopic (exact) mass is 645 g/mol. The maximum Gasteiger partial charge on any atom is 0.219 e. The van der Waals surface area contributed by atoms with Crippen LogP contribution in [0.5, 0.6) is 11.5 Å². The van der Waals surface area contributed by atoms with Crippen LogP contribution >= 0.6 is 0 Å². The first-order valence-corrected chi connectivity index (χ1v) is 19.5. The molecule has 2 N–H and O–H groups in total. The van der Waals surface area contributed by atoms with Crippen molar-refractivity contribution < 1.29 is 19.1 Å². The molecule has 0 bridgehead atoms. The summed E-state index contributed by atoms with van der Waals surface area (Å²) >= 11 is 0. The van der Waals surface area contributed by atoms with E-state index in [9.17, 15) is 9.59 Å². The van der Waals surface area contributed by atoms with Crippen LogP contribution in [0.15, 0.2) is 24.3 Å². The van der Waals surface area contributed by atoms with Crippen LogP contribution in [0, 0.1) is 0 Å². The quantitative estimate of drug-likeness (QED) is 0.0732. The van der Waals surface area contributed by atoms with Gasteiger partial charge in [0, 0.05) is 25.9 Å². The van der Waals surface area contributed by atoms with Crippen molar-refractivity contribution >= 4 is 11.8 Å². The van der Waals surface area contributed by atoms with Gasteiger partial charge in [-0.3, -0.25) is 9.59 Å². The van der Waals surface area contributed by atoms with Crippen LogP contribution in [0.4, 0.5) is 0 Å². The highest BCUT2D eigenvalue weighted by Crippen LogP contribution is 2.26. The van der Waals surface area contributed by atoms with Crippen molar-refractivity contribution in [1.29, 1.82) is 0 Å². The maximum absolute atomic E-state index is 12.1. The summed E-state index contributed by atoms with van der Waals surface area (Å²) in [5.74, 6) is 1.81. The summed E-state index contributed by atoms with van der Waals surface area (Å²) in [6.45, 7) is 7.10.